The van der Waals surface area contributed by atoms with Gasteiger partial charge >= 0.3 is 11.6 Å². The van der Waals surface area contributed by atoms with E-state index < -0.39 is 48.0 Å². The van der Waals surface area contributed by atoms with Gasteiger partial charge in [-0.3, -0.25) is 9.78 Å². The Labute approximate surface area is 222 Å². The third kappa shape index (κ3) is 7.50. The van der Waals surface area contributed by atoms with Crippen LogP contribution in [0.1, 0.15) is 102 Å². The van der Waals surface area contributed by atoms with Crippen molar-refractivity contribution in [3.8, 4) is 0 Å². The van der Waals surface area contributed by atoms with Crippen LogP contribution in [-0.2, 0) is 10.6 Å². The Morgan fingerprint density at radius 3 is 2.03 bits per heavy atom. The van der Waals surface area contributed by atoms with Crippen molar-refractivity contribution in [1.82, 2.24) is 14.6 Å². The average molecular weight is 548 g/mol. The van der Waals surface area contributed by atoms with Gasteiger partial charge in [-0.1, -0.05) is 84.0 Å². The number of nitrogens with zero attached hydrogens (tertiary/aromatic N) is 2. The molecule has 1 aromatic rings. The van der Waals surface area contributed by atoms with Crippen LogP contribution in [0.25, 0.3) is 0 Å². The maximum absolute atomic E-state index is 15.1. The lowest BCUT2D eigenvalue weighted by molar-refractivity contribution is -0.428. The van der Waals surface area contributed by atoms with Gasteiger partial charge in [0.1, 0.15) is 12.2 Å². The zero-order valence-electron chi connectivity index (χ0n) is 22.6. The van der Waals surface area contributed by atoms with Gasteiger partial charge in [0.15, 0.2) is 6.30 Å². The summed E-state index contributed by atoms with van der Waals surface area (Å²) in [5.74, 6) is -3.24. The summed E-state index contributed by atoms with van der Waals surface area (Å²) >= 11 is 0. The SMILES string of the molecule is CCCCCCCCCCCCCCCC(F)N(O)[C@@]1(O)[C@H](O)[C@@H](CO)O[C@@]1(O)n1cc(C)c(=O)[nH]c1=O. The molecule has 1 saturated heterocycles. The van der Waals surface area contributed by atoms with Crippen LogP contribution in [0.3, 0.4) is 0 Å². The van der Waals surface area contributed by atoms with Crippen LogP contribution < -0.4 is 11.2 Å². The minimum Gasteiger partial charge on any atom is -0.394 e. The Kier molecular flexibility index (Phi) is 13.0. The number of H-pyrrole nitrogens is 1. The standard InChI is InChI=1S/C26H46FN3O8/c1-3-4-5-6-7-8-9-10-11-12-13-14-15-16-21(27)30(37)25(35)22(32)20(18-31)38-26(25,36)29-17-19(2)23(33)28-24(29)34/h17,20-22,31-32,35-37H,3-16,18H2,1-2H3,(H,28,33,34)/t20-,21?,22-,25-,26-/m1/s1. The van der Waals surface area contributed by atoms with Crippen LogP contribution in [0.5, 0.6) is 0 Å². The van der Waals surface area contributed by atoms with Crippen LogP contribution in [0.4, 0.5) is 4.39 Å². The fourth-order valence-electron chi connectivity index (χ4n) is 4.93. The highest BCUT2D eigenvalue weighted by atomic mass is 19.1. The number of hydroxylamine groups is 2. The summed E-state index contributed by atoms with van der Waals surface area (Å²) in [6, 6.07) is 0. The van der Waals surface area contributed by atoms with E-state index in [9.17, 15) is 35.2 Å². The normalized spacial score (nSPS) is 26.3. The molecule has 12 heteroatoms. The quantitative estimate of drug-likeness (QED) is 0.0699. The monoisotopic (exact) mass is 547 g/mol. The van der Waals surface area contributed by atoms with E-state index in [-0.39, 0.29) is 17.0 Å². The number of rotatable bonds is 18. The van der Waals surface area contributed by atoms with Gasteiger partial charge in [-0.2, -0.15) is 0 Å². The number of aromatic nitrogens is 2. The van der Waals surface area contributed by atoms with Crippen LogP contribution in [-0.4, -0.2) is 71.1 Å². The summed E-state index contributed by atoms with van der Waals surface area (Å²) in [6.45, 7) is 2.58. The molecule has 1 aliphatic heterocycles. The number of hydrogen-bond donors (Lipinski definition) is 6. The second-order valence-electron chi connectivity index (χ2n) is 10.4. The second kappa shape index (κ2) is 15.2. The zero-order valence-corrected chi connectivity index (χ0v) is 22.6. The molecule has 0 radical (unpaired) electrons. The highest BCUT2D eigenvalue weighted by Gasteiger charge is 2.71. The zero-order chi connectivity index (χ0) is 28.3. The van der Waals surface area contributed by atoms with E-state index in [2.05, 4.69) is 6.92 Å². The fraction of sp³-hybridized carbons (Fsp3) is 0.846. The number of ether oxygens (including phenoxy) is 1. The highest BCUT2D eigenvalue weighted by molar-refractivity contribution is 5.09. The lowest BCUT2D eigenvalue weighted by atomic mass is 9.99. The second-order valence-corrected chi connectivity index (χ2v) is 10.4. The third-order valence-corrected chi connectivity index (χ3v) is 7.35. The van der Waals surface area contributed by atoms with Crippen molar-refractivity contribution in [2.45, 2.75) is 134 Å². The summed E-state index contributed by atoms with van der Waals surface area (Å²) in [6.07, 6.45) is 8.62. The molecule has 6 N–H and O–H groups in total. The lowest BCUT2D eigenvalue weighted by Gasteiger charge is -2.43. The van der Waals surface area contributed by atoms with Crippen molar-refractivity contribution in [1.29, 1.82) is 0 Å². The molecule has 0 saturated carbocycles. The smallest absolute Gasteiger partial charge is 0.332 e. The van der Waals surface area contributed by atoms with E-state index in [0.29, 0.717) is 17.4 Å². The van der Waals surface area contributed by atoms with E-state index >= 15 is 4.39 Å². The van der Waals surface area contributed by atoms with Gasteiger partial charge in [0, 0.05) is 11.8 Å². The van der Waals surface area contributed by atoms with E-state index in [1.165, 1.54) is 58.3 Å². The topological polar surface area (TPSA) is 168 Å². The number of nitrogens with one attached hydrogen (secondary N) is 1. The van der Waals surface area contributed by atoms with Crippen LogP contribution >= 0.6 is 0 Å². The van der Waals surface area contributed by atoms with Crippen molar-refractivity contribution >= 4 is 0 Å². The summed E-state index contributed by atoms with van der Waals surface area (Å²) in [7, 11) is 0. The Morgan fingerprint density at radius 1 is 1.03 bits per heavy atom. The Hall–Kier alpha value is -1.67. The molecule has 0 spiro atoms. The van der Waals surface area contributed by atoms with Crippen LogP contribution in [0.2, 0.25) is 0 Å². The number of aryl methyl sites for hydroxylation is 1. The number of alkyl halides is 1. The molecular formula is C26H46FN3O8. The third-order valence-electron chi connectivity index (χ3n) is 7.35. The number of aliphatic hydroxyl groups excluding tert-OH is 2. The van der Waals surface area contributed by atoms with Crippen LogP contribution in [0, 0.1) is 6.92 Å². The van der Waals surface area contributed by atoms with E-state index in [0.717, 1.165) is 25.5 Å². The lowest BCUT2D eigenvalue weighted by Crippen LogP contribution is -2.69. The molecule has 11 nitrogen and oxygen atoms in total. The maximum atomic E-state index is 15.1. The molecule has 0 amide bonds. The Balaban J connectivity index is 1.90. The number of aromatic amines is 1. The molecule has 5 atom stereocenters. The molecule has 1 fully saturated rings. The molecule has 1 unspecified atom stereocenters. The summed E-state index contributed by atoms with van der Waals surface area (Å²) in [5.41, 5.74) is -5.38. The summed E-state index contributed by atoms with van der Waals surface area (Å²) in [4.78, 5) is 26.0. The first-order valence-electron chi connectivity index (χ1n) is 13.9. The predicted octanol–water partition coefficient (Wildman–Crippen LogP) is 2.36. The first kappa shape index (κ1) is 32.5. The molecule has 1 aliphatic rings. The van der Waals surface area contributed by atoms with E-state index in [1.54, 1.807) is 0 Å². The average Bonchev–Trinajstić information content (AvgIpc) is 3.10. The molecule has 2 rings (SSSR count). The van der Waals surface area contributed by atoms with Gasteiger partial charge in [0.25, 0.3) is 5.56 Å². The number of aliphatic hydroxyl groups is 4. The van der Waals surface area contributed by atoms with Gasteiger partial charge < -0.3 is 30.4 Å². The van der Waals surface area contributed by atoms with Crippen LogP contribution in [0.15, 0.2) is 15.8 Å². The highest BCUT2D eigenvalue weighted by Crippen LogP contribution is 2.44. The van der Waals surface area contributed by atoms with Crippen molar-refractivity contribution in [3.05, 3.63) is 32.6 Å². The molecule has 2 heterocycles. The fourth-order valence-corrected chi connectivity index (χ4v) is 4.93. The predicted molar refractivity (Wildman–Crippen MR) is 138 cm³/mol. The number of unbranched alkanes of at least 4 members (excludes halogenated alkanes) is 12. The van der Waals surface area contributed by atoms with Gasteiger partial charge in [0.05, 0.1) is 6.61 Å². The van der Waals surface area contributed by atoms with E-state index in [4.69, 9.17) is 4.74 Å². The van der Waals surface area contributed by atoms with Gasteiger partial charge in [-0.25, -0.2) is 13.8 Å². The van der Waals surface area contributed by atoms with Crippen molar-refractivity contribution in [3.63, 3.8) is 0 Å². The molecule has 38 heavy (non-hydrogen) atoms. The first-order chi connectivity index (χ1) is 18.0. The van der Waals surface area contributed by atoms with Crippen molar-refractivity contribution in [2.24, 2.45) is 0 Å². The number of halogens is 1. The van der Waals surface area contributed by atoms with Gasteiger partial charge in [-0.15, -0.1) is 5.06 Å². The first-order valence-corrected chi connectivity index (χ1v) is 13.9. The summed E-state index contributed by atoms with van der Waals surface area (Å²) in [5, 5.41) is 52.8. The number of hydrogen-bond acceptors (Lipinski definition) is 9. The van der Waals surface area contributed by atoms with Crippen molar-refractivity contribution in [2.75, 3.05) is 6.61 Å². The molecular weight excluding hydrogens is 501 g/mol. The minimum atomic E-state index is -3.29. The largest absolute Gasteiger partial charge is 0.394 e. The molecule has 0 bridgehead atoms. The maximum Gasteiger partial charge on any atom is 0.332 e. The van der Waals surface area contributed by atoms with Crippen molar-refractivity contribution < 1.29 is 34.8 Å². The molecule has 0 aromatic carbocycles. The van der Waals surface area contributed by atoms with E-state index in [1.807, 2.05) is 4.98 Å². The summed E-state index contributed by atoms with van der Waals surface area (Å²) < 4.78 is 20.6. The molecule has 1 aromatic heterocycles. The Morgan fingerprint density at radius 2 is 1.53 bits per heavy atom. The van der Waals surface area contributed by atoms with Gasteiger partial charge in [-0.05, 0) is 19.8 Å². The molecule has 0 aliphatic carbocycles. The molecule has 220 valence electrons. The Bertz CT molecular complexity index is 959. The minimum absolute atomic E-state index is 0.0702. The van der Waals surface area contributed by atoms with Gasteiger partial charge in [0.2, 0.25) is 5.72 Å².